The van der Waals surface area contributed by atoms with Gasteiger partial charge in [0.05, 0.1) is 4.47 Å². The van der Waals surface area contributed by atoms with Gasteiger partial charge >= 0.3 is 0 Å². The van der Waals surface area contributed by atoms with Gasteiger partial charge in [-0.1, -0.05) is 12.1 Å². The SMILES string of the molecule is NCC(F)(c1cccc(Br)c1F)C1CC1. The highest BCUT2D eigenvalue weighted by Crippen LogP contribution is 2.49. The fraction of sp³-hybridized carbons (Fsp3) is 0.455. The Labute approximate surface area is 95.8 Å². The van der Waals surface area contributed by atoms with Gasteiger partial charge in [0.25, 0.3) is 0 Å². The fourth-order valence-electron chi connectivity index (χ4n) is 1.86. The van der Waals surface area contributed by atoms with Crippen molar-refractivity contribution in [1.29, 1.82) is 0 Å². The van der Waals surface area contributed by atoms with Crippen LogP contribution in [0.5, 0.6) is 0 Å². The van der Waals surface area contributed by atoms with E-state index in [1.54, 1.807) is 12.1 Å². The molecule has 1 saturated carbocycles. The van der Waals surface area contributed by atoms with Gasteiger partial charge in [-0.3, -0.25) is 0 Å². The average molecular weight is 276 g/mol. The van der Waals surface area contributed by atoms with Crippen LogP contribution in [0.4, 0.5) is 8.78 Å². The van der Waals surface area contributed by atoms with E-state index in [2.05, 4.69) is 15.9 Å². The summed E-state index contributed by atoms with van der Waals surface area (Å²) in [6, 6.07) is 4.67. The van der Waals surface area contributed by atoms with Gasteiger partial charge in [0.1, 0.15) is 5.82 Å². The molecule has 0 heterocycles. The Hall–Kier alpha value is -0.480. The summed E-state index contributed by atoms with van der Waals surface area (Å²) in [6.07, 6.45) is 1.58. The van der Waals surface area contributed by atoms with Crippen molar-refractivity contribution in [3.05, 3.63) is 34.1 Å². The molecule has 0 saturated heterocycles. The number of hydrogen-bond donors (Lipinski definition) is 1. The molecule has 15 heavy (non-hydrogen) atoms. The van der Waals surface area contributed by atoms with E-state index in [9.17, 15) is 8.78 Å². The number of halogens is 3. The van der Waals surface area contributed by atoms with Crippen molar-refractivity contribution in [2.24, 2.45) is 11.7 Å². The van der Waals surface area contributed by atoms with Crippen molar-refractivity contribution in [1.82, 2.24) is 0 Å². The number of nitrogens with two attached hydrogens (primary N) is 1. The first-order chi connectivity index (χ1) is 7.09. The molecule has 0 spiro atoms. The average Bonchev–Trinajstić information content (AvgIpc) is 3.05. The minimum Gasteiger partial charge on any atom is -0.327 e. The third kappa shape index (κ3) is 1.81. The molecule has 0 aliphatic heterocycles. The molecule has 2 rings (SSSR count). The van der Waals surface area contributed by atoms with Crippen LogP contribution in [0.15, 0.2) is 22.7 Å². The molecule has 82 valence electrons. The molecule has 0 amide bonds. The lowest BCUT2D eigenvalue weighted by Gasteiger charge is -2.24. The summed E-state index contributed by atoms with van der Waals surface area (Å²) in [7, 11) is 0. The first-order valence-electron chi connectivity index (χ1n) is 4.93. The van der Waals surface area contributed by atoms with Gasteiger partial charge in [-0.05, 0) is 40.8 Å². The van der Waals surface area contributed by atoms with Crippen LogP contribution >= 0.6 is 15.9 Å². The number of benzene rings is 1. The third-order valence-electron chi connectivity index (χ3n) is 2.92. The van der Waals surface area contributed by atoms with Gasteiger partial charge in [0, 0.05) is 12.1 Å². The topological polar surface area (TPSA) is 26.0 Å². The minimum atomic E-state index is -1.70. The molecule has 1 atom stereocenters. The van der Waals surface area contributed by atoms with Crippen molar-refractivity contribution in [2.75, 3.05) is 6.54 Å². The number of hydrogen-bond acceptors (Lipinski definition) is 1. The van der Waals surface area contributed by atoms with E-state index < -0.39 is 11.5 Å². The molecular formula is C11H12BrF2N. The van der Waals surface area contributed by atoms with E-state index in [4.69, 9.17) is 5.73 Å². The second-order valence-electron chi connectivity index (χ2n) is 3.94. The van der Waals surface area contributed by atoms with Crippen LogP contribution in [0.3, 0.4) is 0 Å². The van der Waals surface area contributed by atoms with Crippen LogP contribution < -0.4 is 5.73 Å². The minimum absolute atomic E-state index is 0.0851. The van der Waals surface area contributed by atoms with Gasteiger partial charge in [-0.25, -0.2) is 8.78 Å². The second-order valence-corrected chi connectivity index (χ2v) is 4.80. The first kappa shape index (κ1) is 11.0. The van der Waals surface area contributed by atoms with E-state index in [-0.39, 0.29) is 22.5 Å². The lowest BCUT2D eigenvalue weighted by atomic mass is 9.90. The number of rotatable bonds is 3. The molecular weight excluding hydrogens is 264 g/mol. The van der Waals surface area contributed by atoms with E-state index in [1.165, 1.54) is 6.07 Å². The fourth-order valence-corrected chi connectivity index (χ4v) is 2.23. The van der Waals surface area contributed by atoms with Gasteiger partial charge in [0.15, 0.2) is 5.67 Å². The third-order valence-corrected chi connectivity index (χ3v) is 3.53. The Morgan fingerprint density at radius 3 is 2.67 bits per heavy atom. The molecule has 0 radical (unpaired) electrons. The Bertz CT molecular complexity index is 379. The molecule has 1 aliphatic rings. The predicted octanol–water partition coefficient (Wildman–Crippen LogP) is 3.12. The number of alkyl halides is 1. The van der Waals surface area contributed by atoms with Gasteiger partial charge in [0.2, 0.25) is 0 Å². The van der Waals surface area contributed by atoms with Crippen LogP contribution in [0.25, 0.3) is 0 Å². The summed E-state index contributed by atoms with van der Waals surface area (Å²) < 4.78 is 28.5. The Morgan fingerprint density at radius 2 is 2.13 bits per heavy atom. The smallest absolute Gasteiger partial charge is 0.153 e. The van der Waals surface area contributed by atoms with E-state index in [0.29, 0.717) is 0 Å². The summed E-state index contributed by atoms with van der Waals surface area (Å²) in [4.78, 5) is 0. The predicted molar refractivity (Wildman–Crippen MR) is 58.7 cm³/mol. The summed E-state index contributed by atoms with van der Waals surface area (Å²) in [6.45, 7) is -0.162. The monoisotopic (exact) mass is 275 g/mol. The summed E-state index contributed by atoms with van der Waals surface area (Å²) in [5.41, 5.74) is 3.83. The van der Waals surface area contributed by atoms with E-state index >= 15 is 0 Å². The molecule has 4 heteroatoms. The van der Waals surface area contributed by atoms with Crippen LogP contribution in [0.2, 0.25) is 0 Å². The van der Waals surface area contributed by atoms with Gasteiger partial charge in [-0.2, -0.15) is 0 Å². The summed E-state index contributed by atoms with van der Waals surface area (Å²) in [5.74, 6) is -0.649. The normalized spacial score (nSPS) is 20.0. The molecule has 1 aliphatic carbocycles. The highest BCUT2D eigenvalue weighted by atomic mass is 79.9. The zero-order valence-electron chi connectivity index (χ0n) is 8.14. The van der Waals surface area contributed by atoms with Crippen LogP contribution in [-0.2, 0) is 5.67 Å². The van der Waals surface area contributed by atoms with E-state index in [1.807, 2.05) is 0 Å². The lowest BCUT2D eigenvalue weighted by molar-refractivity contribution is 0.137. The molecule has 2 N–H and O–H groups in total. The Balaban J connectivity index is 2.46. The van der Waals surface area contributed by atoms with Crippen molar-refractivity contribution < 1.29 is 8.78 Å². The van der Waals surface area contributed by atoms with Crippen molar-refractivity contribution >= 4 is 15.9 Å². The highest BCUT2D eigenvalue weighted by Gasteiger charge is 2.47. The molecule has 1 fully saturated rings. The largest absolute Gasteiger partial charge is 0.327 e. The lowest BCUT2D eigenvalue weighted by Crippen LogP contribution is -2.33. The van der Waals surface area contributed by atoms with Crippen molar-refractivity contribution in [3.63, 3.8) is 0 Å². The zero-order valence-corrected chi connectivity index (χ0v) is 9.73. The molecule has 1 aromatic carbocycles. The van der Waals surface area contributed by atoms with Crippen LogP contribution in [0, 0.1) is 11.7 Å². The van der Waals surface area contributed by atoms with Gasteiger partial charge < -0.3 is 5.73 Å². The second kappa shape index (κ2) is 3.83. The zero-order chi connectivity index (χ0) is 11.1. The van der Waals surface area contributed by atoms with Gasteiger partial charge in [-0.15, -0.1) is 0 Å². The molecule has 1 aromatic rings. The van der Waals surface area contributed by atoms with E-state index in [0.717, 1.165) is 12.8 Å². The summed E-state index contributed by atoms with van der Waals surface area (Å²) in [5, 5.41) is 0. The molecule has 0 aromatic heterocycles. The van der Waals surface area contributed by atoms with Crippen molar-refractivity contribution in [3.8, 4) is 0 Å². The molecule has 1 unspecified atom stereocenters. The van der Waals surface area contributed by atoms with Crippen molar-refractivity contribution in [2.45, 2.75) is 18.5 Å². The maximum absolute atomic E-state index is 14.5. The Morgan fingerprint density at radius 1 is 1.47 bits per heavy atom. The maximum atomic E-state index is 14.5. The first-order valence-corrected chi connectivity index (χ1v) is 5.72. The molecule has 0 bridgehead atoms. The maximum Gasteiger partial charge on any atom is 0.153 e. The van der Waals surface area contributed by atoms with Crippen LogP contribution in [-0.4, -0.2) is 6.54 Å². The van der Waals surface area contributed by atoms with Crippen LogP contribution in [0.1, 0.15) is 18.4 Å². The standard InChI is InChI=1S/C11H12BrF2N/c12-9-3-1-2-8(10(9)13)11(14,6-15)7-4-5-7/h1-3,7H,4-6,15H2. The molecule has 1 nitrogen and oxygen atoms in total. The summed E-state index contributed by atoms with van der Waals surface area (Å²) >= 11 is 3.05. The quantitative estimate of drug-likeness (QED) is 0.901. The highest BCUT2D eigenvalue weighted by molar-refractivity contribution is 9.10. The Kier molecular flexibility index (Phi) is 2.81.